The minimum absolute atomic E-state index is 0.0280. The quantitative estimate of drug-likeness (QED) is 0.723. The number of ether oxygens (including phenoxy) is 1. The lowest BCUT2D eigenvalue weighted by Crippen LogP contribution is -2.53. The fourth-order valence-electron chi connectivity index (χ4n) is 4.30. The monoisotopic (exact) mass is 404 g/mol. The predicted octanol–water partition coefficient (Wildman–Crippen LogP) is 2.82. The first-order valence-corrected chi connectivity index (χ1v) is 10.2. The third kappa shape index (κ3) is 3.13. The Kier molecular flexibility index (Phi) is 4.71. The van der Waals surface area contributed by atoms with Crippen molar-refractivity contribution in [2.24, 2.45) is 0 Å². The Balaban J connectivity index is 1.66. The number of piperidine rings is 1. The number of methoxy groups -OCH3 is 1. The lowest BCUT2D eigenvalue weighted by atomic mass is 10.0. The number of rotatable bonds is 3. The summed E-state index contributed by atoms with van der Waals surface area (Å²) in [5.41, 5.74) is 5.17. The maximum atomic E-state index is 13.2. The smallest absolute Gasteiger partial charge is 0.324 e. The fourth-order valence-corrected chi connectivity index (χ4v) is 4.30. The lowest BCUT2D eigenvalue weighted by Gasteiger charge is -2.41. The van der Waals surface area contributed by atoms with Crippen molar-refractivity contribution < 1.29 is 9.53 Å². The number of nitrogens with zero attached hydrogens (tertiary/aromatic N) is 5. The van der Waals surface area contributed by atoms with Crippen LogP contribution in [0.4, 0.5) is 10.5 Å². The van der Waals surface area contributed by atoms with Crippen LogP contribution in [0, 0.1) is 0 Å². The Bertz CT molecular complexity index is 1090. The fraction of sp³-hybridized carbons (Fsp3) is 0.364. The maximum absolute atomic E-state index is 13.2. The van der Waals surface area contributed by atoms with Crippen LogP contribution in [0.2, 0.25) is 0 Å². The summed E-state index contributed by atoms with van der Waals surface area (Å²) in [7, 11) is 3.44. The molecule has 8 heteroatoms. The maximum Gasteiger partial charge on any atom is 0.324 e. The van der Waals surface area contributed by atoms with Crippen LogP contribution in [0.3, 0.4) is 0 Å². The summed E-state index contributed by atoms with van der Waals surface area (Å²) >= 11 is 0. The Morgan fingerprint density at radius 3 is 2.67 bits per heavy atom. The molecule has 0 atom stereocenters. The standard InChI is InChI=1S/C22H24N6O2/c1-27-13-15-12-24-18-5-4-17(14-3-6-19(30-2)25-11-14)26-20(18)21(15)28(22(27)29)16-7-9-23-10-8-16/h3-6,11-12,16,23H,7-10,13H2,1-2H3. The number of carbonyl (C=O) groups is 1. The van der Waals surface area contributed by atoms with Crippen molar-refractivity contribution in [3.63, 3.8) is 0 Å². The van der Waals surface area contributed by atoms with Gasteiger partial charge in [0.25, 0.3) is 0 Å². The van der Waals surface area contributed by atoms with Crippen molar-refractivity contribution in [2.45, 2.75) is 25.4 Å². The zero-order valence-corrected chi connectivity index (χ0v) is 17.1. The van der Waals surface area contributed by atoms with Gasteiger partial charge in [-0.05, 0) is 44.1 Å². The summed E-state index contributed by atoms with van der Waals surface area (Å²) in [6, 6.07) is 7.84. The molecule has 1 N–H and O–H groups in total. The van der Waals surface area contributed by atoms with Crippen LogP contribution in [-0.4, -0.2) is 59.2 Å². The first-order valence-electron chi connectivity index (χ1n) is 10.2. The molecule has 1 saturated heterocycles. The van der Waals surface area contributed by atoms with Gasteiger partial charge in [-0.2, -0.15) is 0 Å². The lowest BCUT2D eigenvalue weighted by molar-refractivity contribution is 0.205. The first-order chi connectivity index (χ1) is 14.7. The highest BCUT2D eigenvalue weighted by molar-refractivity contribution is 6.04. The van der Waals surface area contributed by atoms with Crippen molar-refractivity contribution in [1.29, 1.82) is 0 Å². The second-order valence-corrected chi connectivity index (χ2v) is 7.78. The molecule has 3 aromatic heterocycles. The highest BCUT2D eigenvalue weighted by atomic mass is 16.5. The molecule has 8 nitrogen and oxygen atoms in total. The summed E-state index contributed by atoms with van der Waals surface area (Å²) in [6.45, 7) is 2.36. The van der Waals surface area contributed by atoms with Gasteiger partial charge in [0, 0.05) is 42.7 Å². The number of hydrogen-bond donors (Lipinski definition) is 1. The molecule has 0 radical (unpaired) electrons. The first kappa shape index (κ1) is 18.7. The SMILES string of the molecule is COc1ccc(-c2ccc3ncc4c(c3n2)N(C2CCNCC2)C(=O)N(C)C4)cn1. The highest BCUT2D eigenvalue weighted by Gasteiger charge is 2.36. The zero-order valence-electron chi connectivity index (χ0n) is 17.1. The van der Waals surface area contributed by atoms with Crippen molar-refractivity contribution in [2.75, 3.05) is 32.1 Å². The van der Waals surface area contributed by atoms with E-state index in [4.69, 9.17) is 9.72 Å². The van der Waals surface area contributed by atoms with E-state index in [2.05, 4.69) is 15.3 Å². The topological polar surface area (TPSA) is 83.5 Å². The van der Waals surface area contributed by atoms with Gasteiger partial charge >= 0.3 is 6.03 Å². The van der Waals surface area contributed by atoms with Gasteiger partial charge < -0.3 is 15.0 Å². The molecular weight excluding hydrogens is 380 g/mol. The van der Waals surface area contributed by atoms with Gasteiger partial charge in [0.15, 0.2) is 0 Å². The molecule has 3 aromatic rings. The van der Waals surface area contributed by atoms with Crippen LogP contribution < -0.4 is 15.0 Å². The molecule has 5 rings (SSSR count). The van der Waals surface area contributed by atoms with Crippen LogP contribution in [0.1, 0.15) is 18.4 Å². The zero-order chi connectivity index (χ0) is 20.7. The molecule has 2 aliphatic rings. The second-order valence-electron chi connectivity index (χ2n) is 7.78. The molecule has 30 heavy (non-hydrogen) atoms. The Labute approximate surface area is 174 Å². The summed E-state index contributed by atoms with van der Waals surface area (Å²) in [5.74, 6) is 0.560. The summed E-state index contributed by atoms with van der Waals surface area (Å²) in [4.78, 5) is 30.8. The van der Waals surface area contributed by atoms with Crippen molar-refractivity contribution in [3.8, 4) is 17.1 Å². The second kappa shape index (κ2) is 7.53. The van der Waals surface area contributed by atoms with Gasteiger partial charge in [0.05, 0.1) is 30.6 Å². The van der Waals surface area contributed by atoms with E-state index in [-0.39, 0.29) is 12.1 Å². The van der Waals surface area contributed by atoms with Gasteiger partial charge in [0.2, 0.25) is 5.88 Å². The number of hydrogen-bond acceptors (Lipinski definition) is 6. The molecular formula is C22H24N6O2. The third-order valence-corrected chi connectivity index (χ3v) is 5.86. The largest absolute Gasteiger partial charge is 0.481 e. The molecule has 0 unspecified atom stereocenters. The van der Waals surface area contributed by atoms with Gasteiger partial charge in [-0.25, -0.2) is 14.8 Å². The summed E-state index contributed by atoms with van der Waals surface area (Å²) in [5, 5.41) is 3.38. The number of amides is 2. The molecule has 0 aromatic carbocycles. The van der Waals surface area contributed by atoms with Crippen LogP contribution >= 0.6 is 0 Å². The van der Waals surface area contributed by atoms with Crippen LogP contribution in [0.15, 0.2) is 36.7 Å². The Hall–Kier alpha value is -3.26. The third-order valence-electron chi connectivity index (χ3n) is 5.86. The Morgan fingerprint density at radius 1 is 1.10 bits per heavy atom. The average Bonchev–Trinajstić information content (AvgIpc) is 2.80. The number of carbonyl (C=O) groups excluding carboxylic acids is 1. The van der Waals surface area contributed by atoms with Crippen molar-refractivity contribution in [1.82, 2.24) is 25.2 Å². The van der Waals surface area contributed by atoms with Crippen LogP contribution in [0.5, 0.6) is 5.88 Å². The van der Waals surface area contributed by atoms with Crippen molar-refractivity contribution in [3.05, 3.63) is 42.2 Å². The molecule has 0 bridgehead atoms. The highest BCUT2D eigenvalue weighted by Crippen LogP contribution is 2.37. The molecule has 2 aliphatic heterocycles. The van der Waals surface area contributed by atoms with E-state index in [9.17, 15) is 4.79 Å². The predicted molar refractivity (Wildman–Crippen MR) is 115 cm³/mol. The van der Waals surface area contributed by atoms with Crippen molar-refractivity contribution >= 4 is 22.8 Å². The van der Waals surface area contributed by atoms with Gasteiger partial charge in [-0.15, -0.1) is 0 Å². The minimum Gasteiger partial charge on any atom is -0.481 e. The number of anilines is 1. The van der Waals surface area contributed by atoms with E-state index in [0.717, 1.165) is 59.5 Å². The van der Waals surface area contributed by atoms with E-state index in [1.807, 2.05) is 42.4 Å². The normalized spacial score (nSPS) is 17.3. The summed E-state index contributed by atoms with van der Waals surface area (Å²) < 4.78 is 5.16. The van der Waals surface area contributed by atoms with E-state index >= 15 is 0 Å². The van der Waals surface area contributed by atoms with Gasteiger partial charge in [0.1, 0.15) is 5.52 Å². The average molecular weight is 404 g/mol. The number of urea groups is 1. The molecule has 0 aliphatic carbocycles. The number of aromatic nitrogens is 3. The van der Waals surface area contributed by atoms with Crippen LogP contribution in [-0.2, 0) is 6.54 Å². The molecule has 1 fully saturated rings. The minimum atomic E-state index is 0.0280. The van der Waals surface area contributed by atoms with E-state index in [1.165, 1.54) is 0 Å². The van der Waals surface area contributed by atoms with Gasteiger partial charge in [-0.3, -0.25) is 9.88 Å². The van der Waals surface area contributed by atoms with E-state index in [0.29, 0.717) is 12.4 Å². The van der Waals surface area contributed by atoms with Gasteiger partial charge in [-0.1, -0.05) is 0 Å². The van der Waals surface area contributed by atoms with E-state index in [1.54, 1.807) is 18.2 Å². The molecule has 0 spiro atoms. The Morgan fingerprint density at radius 2 is 1.93 bits per heavy atom. The number of pyridine rings is 3. The molecule has 0 saturated carbocycles. The molecule has 2 amide bonds. The molecule has 154 valence electrons. The van der Waals surface area contributed by atoms with E-state index < -0.39 is 0 Å². The molecule has 5 heterocycles. The van der Waals surface area contributed by atoms with Crippen LogP contribution in [0.25, 0.3) is 22.3 Å². The number of nitrogens with one attached hydrogen (secondary N) is 1. The number of fused-ring (bicyclic) bond motifs is 3. The summed E-state index contributed by atoms with van der Waals surface area (Å²) in [6.07, 6.45) is 5.47.